The fourth-order valence-electron chi connectivity index (χ4n) is 2.99. The van der Waals surface area contributed by atoms with Crippen LogP contribution < -0.4 is 0 Å². The molecule has 27 heavy (non-hydrogen) atoms. The second-order valence-electron chi connectivity index (χ2n) is 8.97. The van der Waals surface area contributed by atoms with E-state index in [2.05, 4.69) is 54.6 Å². The van der Waals surface area contributed by atoms with Gasteiger partial charge in [0.05, 0.1) is 12.9 Å². The fourth-order valence-corrected chi connectivity index (χ4v) is 6.80. The van der Waals surface area contributed by atoms with E-state index < -0.39 is 22.7 Å². The molecule has 5 nitrogen and oxygen atoms in total. The number of ether oxygens (including phenoxy) is 2. The number of esters is 1. The Kier molecular flexibility index (Phi) is 8.78. The summed E-state index contributed by atoms with van der Waals surface area (Å²) in [7, 11) is -3.77. The van der Waals surface area contributed by atoms with Crippen LogP contribution >= 0.6 is 0 Å². The van der Waals surface area contributed by atoms with Gasteiger partial charge in [-0.15, -0.1) is 0 Å². The maximum Gasteiger partial charge on any atom is 0.303 e. The molecule has 0 aromatic rings. The van der Waals surface area contributed by atoms with Gasteiger partial charge in [0.1, 0.15) is 6.10 Å². The highest BCUT2D eigenvalue weighted by Gasteiger charge is 2.43. The third kappa shape index (κ3) is 6.44. The molecule has 0 bridgehead atoms. The quantitative estimate of drug-likeness (QED) is 0.380. The molecule has 0 fully saturated rings. The molecule has 1 rings (SSSR count). The molecule has 1 aliphatic heterocycles. The van der Waals surface area contributed by atoms with Crippen LogP contribution in [0.25, 0.3) is 0 Å². The molecule has 3 atom stereocenters. The summed E-state index contributed by atoms with van der Waals surface area (Å²) >= 11 is 0. The van der Waals surface area contributed by atoms with Gasteiger partial charge in [0.2, 0.25) is 0 Å². The molecule has 0 N–H and O–H groups in total. The lowest BCUT2D eigenvalue weighted by Crippen LogP contribution is -2.53. The van der Waals surface area contributed by atoms with Crippen molar-refractivity contribution in [1.29, 1.82) is 0 Å². The van der Waals surface area contributed by atoms with Crippen molar-refractivity contribution in [2.75, 3.05) is 6.61 Å². The minimum Gasteiger partial charge on any atom is -0.492 e. The third-order valence-corrected chi connectivity index (χ3v) is 15.4. The second kappa shape index (κ2) is 9.72. The topological polar surface area (TPSA) is 54.0 Å². The molecule has 0 saturated heterocycles. The van der Waals surface area contributed by atoms with Crippen LogP contribution in [0.2, 0.25) is 36.3 Å². The van der Waals surface area contributed by atoms with Crippen molar-refractivity contribution in [1.82, 2.24) is 0 Å². The van der Waals surface area contributed by atoms with Crippen molar-refractivity contribution in [2.45, 2.75) is 103 Å². The molecule has 0 unspecified atom stereocenters. The van der Waals surface area contributed by atoms with Gasteiger partial charge < -0.3 is 18.3 Å². The van der Waals surface area contributed by atoms with Gasteiger partial charge in [-0.2, -0.15) is 0 Å². The Morgan fingerprint density at radius 1 is 1.11 bits per heavy atom. The molecular weight excluding hydrogens is 376 g/mol. The number of carbonyl (C=O) groups is 1. The largest absolute Gasteiger partial charge is 0.492 e. The predicted octanol–water partition coefficient (Wildman–Crippen LogP) is 5.24. The molecule has 7 heteroatoms. The van der Waals surface area contributed by atoms with Gasteiger partial charge in [-0.3, -0.25) is 4.79 Å². The Labute approximate surface area is 168 Å². The Morgan fingerprint density at radius 2 is 1.67 bits per heavy atom. The number of hydrogen-bond acceptors (Lipinski definition) is 5. The molecular formula is C20H40O5Si2. The SMILES string of the molecule is CC[Si](CC)(CC)O[C@@H]1C=CO[C@H](CO[Si](C)(C)C(C)(C)C)[C@H]1OC(C)=O. The lowest BCUT2D eigenvalue weighted by molar-refractivity contribution is -0.163. The molecule has 0 aliphatic carbocycles. The zero-order valence-electron chi connectivity index (χ0n) is 18.8. The zero-order valence-corrected chi connectivity index (χ0v) is 20.8. The van der Waals surface area contributed by atoms with Crippen LogP contribution in [0.4, 0.5) is 0 Å². The van der Waals surface area contributed by atoms with E-state index in [1.807, 2.05) is 6.08 Å². The molecule has 1 heterocycles. The van der Waals surface area contributed by atoms with Crippen molar-refractivity contribution < 1.29 is 23.1 Å². The Morgan fingerprint density at radius 3 is 2.11 bits per heavy atom. The van der Waals surface area contributed by atoms with Crippen LogP contribution in [0, 0.1) is 0 Å². The van der Waals surface area contributed by atoms with E-state index in [-0.39, 0.29) is 23.2 Å². The van der Waals surface area contributed by atoms with Crippen LogP contribution in [0.3, 0.4) is 0 Å². The summed E-state index contributed by atoms with van der Waals surface area (Å²) < 4.78 is 24.5. The highest BCUT2D eigenvalue weighted by Crippen LogP contribution is 2.37. The summed E-state index contributed by atoms with van der Waals surface area (Å²) in [4.78, 5) is 11.8. The van der Waals surface area contributed by atoms with Crippen LogP contribution in [-0.2, 0) is 23.1 Å². The summed E-state index contributed by atoms with van der Waals surface area (Å²) in [6.07, 6.45) is 2.47. The van der Waals surface area contributed by atoms with Gasteiger partial charge in [-0.25, -0.2) is 0 Å². The summed E-state index contributed by atoms with van der Waals surface area (Å²) in [6, 6.07) is 3.13. The summed E-state index contributed by atoms with van der Waals surface area (Å²) in [5, 5.41) is 0.110. The lowest BCUT2D eigenvalue weighted by atomic mass is 10.1. The third-order valence-electron chi connectivity index (χ3n) is 6.25. The average molecular weight is 417 g/mol. The van der Waals surface area contributed by atoms with Crippen LogP contribution in [0.5, 0.6) is 0 Å². The number of hydrogen-bond donors (Lipinski definition) is 0. The van der Waals surface area contributed by atoms with Crippen LogP contribution in [0.1, 0.15) is 48.5 Å². The predicted molar refractivity (Wildman–Crippen MR) is 115 cm³/mol. The first-order valence-electron chi connectivity index (χ1n) is 10.2. The summed E-state index contributed by atoms with van der Waals surface area (Å²) in [6.45, 7) is 19.5. The van der Waals surface area contributed by atoms with E-state index in [4.69, 9.17) is 18.3 Å². The van der Waals surface area contributed by atoms with Crippen molar-refractivity contribution >= 4 is 22.6 Å². The van der Waals surface area contributed by atoms with Crippen molar-refractivity contribution in [2.24, 2.45) is 0 Å². The summed E-state index contributed by atoms with van der Waals surface area (Å²) in [5.41, 5.74) is 0. The molecule has 0 radical (unpaired) electrons. The molecule has 1 aliphatic rings. The van der Waals surface area contributed by atoms with Crippen molar-refractivity contribution in [3.63, 3.8) is 0 Å². The molecule has 0 aromatic carbocycles. The normalized spacial score (nSPS) is 23.8. The maximum absolute atomic E-state index is 11.8. The van der Waals surface area contributed by atoms with Gasteiger partial charge in [-0.05, 0) is 42.3 Å². The lowest BCUT2D eigenvalue weighted by Gasteiger charge is -2.41. The van der Waals surface area contributed by atoms with Crippen molar-refractivity contribution in [3.05, 3.63) is 12.3 Å². The van der Waals surface area contributed by atoms with E-state index in [9.17, 15) is 4.79 Å². The van der Waals surface area contributed by atoms with Gasteiger partial charge in [0, 0.05) is 6.92 Å². The van der Waals surface area contributed by atoms with E-state index >= 15 is 0 Å². The smallest absolute Gasteiger partial charge is 0.303 e. The maximum atomic E-state index is 11.8. The monoisotopic (exact) mass is 416 g/mol. The second-order valence-corrected chi connectivity index (χ2v) is 18.5. The zero-order chi connectivity index (χ0) is 20.9. The minimum absolute atomic E-state index is 0.110. The van der Waals surface area contributed by atoms with E-state index in [1.54, 1.807) is 6.26 Å². The number of rotatable bonds is 9. The molecule has 0 spiro atoms. The first-order chi connectivity index (χ1) is 12.4. The molecule has 0 aromatic heterocycles. The van der Waals surface area contributed by atoms with Crippen LogP contribution in [-0.4, -0.2) is 47.5 Å². The Hall–Kier alpha value is -0.636. The molecule has 0 amide bonds. The highest BCUT2D eigenvalue weighted by molar-refractivity contribution is 6.74. The van der Waals surface area contributed by atoms with Gasteiger partial charge in [-0.1, -0.05) is 41.5 Å². The van der Waals surface area contributed by atoms with Gasteiger partial charge in [0.15, 0.2) is 28.8 Å². The highest BCUT2D eigenvalue weighted by atomic mass is 28.4. The average Bonchev–Trinajstić information content (AvgIpc) is 2.58. The molecule has 0 saturated carbocycles. The Bertz CT molecular complexity index is 501. The first-order valence-corrected chi connectivity index (χ1v) is 15.7. The fraction of sp³-hybridized carbons (Fsp3) is 0.850. The number of carbonyl (C=O) groups excluding carboxylic acids is 1. The van der Waals surface area contributed by atoms with E-state index in [0.29, 0.717) is 6.61 Å². The van der Waals surface area contributed by atoms with Gasteiger partial charge >= 0.3 is 5.97 Å². The Balaban J connectivity index is 2.99. The van der Waals surface area contributed by atoms with E-state index in [0.717, 1.165) is 18.1 Å². The minimum atomic E-state index is -1.92. The first kappa shape index (κ1) is 24.4. The van der Waals surface area contributed by atoms with Gasteiger partial charge in [0.25, 0.3) is 0 Å². The standard InChI is InChI=1S/C20H40O5Si2/c1-10-27(11-2,12-3)25-17-13-14-22-18(19(17)24-16(4)21)15-23-26(8,9)20(5,6)7/h13-14,17-19H,10-12,15H2,1-9H3/t17-,18-,19+/m1/s1. The van der Waals surface area contributed by atoms with Crippen molar-refractivity contribution in [3.8, 4) is 0 Å². The summed E-state index contributed by atoms with van der Waals surface area (Å²) in [5.74, 6) is -0.318. The van der Waals surface area contributed by atoms with E-state index in [1.165, 1.54) is 6.92 Å². The molecule has 158 valence electrons. The van der Waals surface area contributed by atoms with Crippen LogP contribution in [0.15, 0.2) is 12.3 Å².